The van der Waals surface area contributed by atoms with Crippen LogP contribution in [-0.4, -0.2) is 38.3 Å². The van der Waals surface area contributed by atoms with Gasteiger partial charge in [-0.2, -0.15) is 0 Å². The highest BCUT2D eigenvalue weighted by atomic mass is 35.5. The number of rotatable bonds is 7. The SMILES string of the molecule is CCN1CC2CCc3c(OC)ccc(OCCCc4ccc(F)cc4)c3C2C1.Cl. The maximum absolute atomic E-state index is 13.0. The van der Waals surface area contributed by atoms with E-state index >= 15 is 0 Å². The van der Waals surface area contributed by atoms with Crippen molar-refractivity contribution >= 4 is 12.4 Å². The van der Waals surface area contributed by atoms with Crippen LogP contribution >= 0.6 is 12.4 Å². The number of hydrogen-bond donors (Lipinski definition) is 0. The molecular weight excluding hydrogens is 389 g/mol. The van der Waals surface area contributed by atoms with Crippen molar-refractivity contribution in [2.75, 3.05) is 33.4 Å². The van der Waals surface area contributed by atoms with E-state index in [4.69, 9.17) is 9.47 Å². The first kappa shape index (κ1) is 21.9. The largest absolute Gasteiger partial charge is 0.496 e. The second-order valence-corrected chi connectivity index (χ2v) is 7.99. The Hall–Kier alpha value is -1.78. The number of likely N-dealkylation sites (tertiary alicyclic amines) is 1. The molecule has 2 unspecified atom stereocenters. The Morgan fingerprint density at radius 1 is 1.07 bits per heavy atom. The van der Waals surface area contributed by atoms with Crippen molar-refractivity contribution in [3.05, 3.63) is 58.9 Å². The number of ether oxygens (including phenoxy) is 2. The minimum absolute atomic E-state index is 0. The lowest BCUT2D eigenvalue weighted by Crippen LogP contribution is -2.21. The van der Waals surface area contributed by atoms with Crippen LogP contribution in [0, 0.1) is 11.7 Å². The third-order valence-corrected chi connectivity index (χ3v) is 6.37. The minimum Gasteiger partial charge on any atom is -0.496 e. The number of nitrogens with zero attached hydrogens (tertiary/aromatic N) is 1. The number of hydrogen-bond acceptors (Lipinski definition) is 3. The van der Waals surface area contributed by atoms with Crippen LogP contribution < -0.4 is 9.47 Å². The van der Waals surface area contributed by atoms with Gasteiger partial charge >= 0.3 is 0 Å². The smallest absolute Gasteiger partial charge is 0.123 e. The Balaban J connectivity index is 0.00000240. The van der Waals surface area contributed by atoms with Crippen LogP contribution in [0.2, 0.25) is 0 Å². The number of methoxy groups -OCH3 is 1. The van der Waals surface area contributed by atoms with Gasteiger partial charge in [-0.15, -0.1) is 12.4 Å². The molecule has 0 saturated carbocycles. The number of halogens is 2. The summed E-state index contributed by atoms with van der Waals surface area (Å²) >= 11 is 0. The van der Waals surface area contributed by atoms with Crippen LogP contribution in [0.1, 0.15) is 42.4 Å². The van der Waals surface area contributed by atoms with Crippen LogP contribution in [0.3, 0.4) is 0 Å². The lowest BCUT2D eigenvalue weighted by molar-refractivity contribution is 0.298. The molecule has 3 nitrogen and oxygen atoms in total. The van der Waals surface area contributed by atoms with Gasteiger partial charge < -0.3 is 14.4 Å². The zero-order chi connectivity index (χ0) is 19.5. The molecule has 2 aliphatic rings. The predicted molar refractivity (Wildman–Crippen MR) is 117 cm³/mol. The topological polar surface area (TPSA) is 21.7 Å². The Morgan fingerprint density at radius 3 is 2.55 bits per heavy atom. The van der Waals surface area contributed by atoms with Crippen molar-refractivity contribution in [2.24, 2.45) is 5.92 Å². The van der Waals surface area contributed by atoms with Crippen molar-refractivity contribution in [3.8, 4) is 11.5 Å². The lowest BCUT2D eigenvalue weighted by atomic mass is 9.76. The Morgan fingerprint density at radius 2 is 1.83 bits per heavy atom. The Kier molecular flexibility index (Phi) is 7.42. The third kappa shape index (κ3) is 4.70. The Bertz CT molecular complexity index is 811. The molecule has 4 rings (SSSR count). The maximum Gasteiger partial charge on any atom is 0.123 e. The van der Waals surface area contributed by atoms with E-state index in [0.29, 0.717) is 12.5 Å². The highest BCUT2D eigenvalue weighted by Crippen LogP contribution is 2.48. The summed E-state index contributed by atoms with van der Waals surface area (Å²) in [5.74, 6) is 3.12. The van der Waals surface area contributed by atoms with E-state index in [1.54, 1.807) is 7.11 Å². The maximum atomic E-state index is 13.0. The van der Waals surface area contributed by atoms with Crippen molar-refractivity contribution in [2.45, 2.75) is 38.5 Å². The molecule has 1 aliphatic heterocycles. The van der Waals surface area contributed by atoms with Crippen molar-refractivity contribution in [1.29, 1.82) is 0 Å². The first-order chi connectivity index (χ1) is 13.7. The van der Waals surface area contributed by atoms with Crippen molar-refractivity contribution in [3.63, 3.8) is 0 Å². The highest BCUT2D eigenvalue weighted by Gasteiger charge is 2.39. The summed E-state index contributed by atoms with van der Waals surface area (Å²) in [5.41, 5.74) is 3.88. The molecule has 1 saturated heterocycles. The van der Waals surface area contributed by atoms with Gasteiger partial charge in [0.1, 0.15) is 17.3 Å². The molecule has 0 radical (unpaired) electrons. The van der Waals surface area contributed by atoms with E-state index in [-0.39, 0.29) is 18.2 Å². The lowest BCUT2D eigenvalue weighted by Gasteiger charge is -2.30. The molecule has 158 valence electrons. The number of likely N-dealkylation sites (N-methyl/N-ethyl adjacent to an activating group) is 1. The van der Waals surface area contributed by atoms with Crippen LogP contribution in [-0.2, 0) is 12.8 Å². The minimum atomic E-state index is -0.183. The van der Waals surface area contributed by atoms with E-state index < -0.39 is 0 Å². The number of fused-ring (bicyclic) bond motifs is 3. The van der Waals surface area contributed by atoms with Gasteiger partial charge in [-0.1, -0.05) is 19.1 Å². The summed E-state index contributed by atoms with van der Waals surface area (Å²) in [6.07, 6.45) is 4.12. The monoisotopic (exact) mass is 419 g/mol. The molecule has 1 fully saturated rings. The highest BCUT2D eigenvalue weighted by molar-refractivity contribution is 5.85. The van der Waals surface area contributed by atoms with Gasteiger partial charge in [0.05, 0.1) is 13.7 Å². The quantitative estimate of drug-likeness (QED) is 0.572. The van der Waals surface area contributed by atoms with Gasteiger partial charge in [0.2, 0.25) is 0 Å². The molecule has 5 heteroatoms. The van der Waals surface area contributed by atoms with Crippen LogP contribution in [0.4, 0.5) is 4.39 Å². The predicted octanol–water partition coefficient (Wildman–Crippen LogP) is 5.25. The van der Waals surface area contributed by atoms with Crippen LogP contribution in [0.5, 0.6) is 11.5 Å². The van der Waals surface area contributed by atoms with E-state index in [2.05, 4.69) is 24.0 Å². The zero-order valence-electron chi connectivity index (χ0n) is 17.3. The number of aryl methyl sites for hydroxylation is 1. The molecule has 0 bridgehead atoms. The fourth-order valence-electron chi connectivity index (χ4n) is 4.88. The molecule has 0 aromatic heterocycles. The standard InChI is InChI=1S/C24H30FNO2.ClH/c1-3-26-15-18-8-11-20-22(27-2)12-13-23(24(20)21(18)16-26)28-14-4-5-17-6-9-19(25)10-7-17;/h6-7,9-10,12-13,18,21H,3-5,8,11,14-16H2,1-2H3;1H. The van der Waals surface area contributed by atoms with E-state index in [1.165, 1.54) is 36.2 Å². The molecular formula is C24H31ClFNO2. The summed E-state index contributed by atoms with van der Waals surface area (Å²) in [6.45, 7) is 6.34. The van der Waals surface area contributed by atoms with Gasteiger partial charge in [-0.3, -0.25) is 0 Å². The first-order valence-electron chi connectivity index (χ1n) is 10.5. The van der Waals surface area contributed by atoms with Gasteiger partial charge in [0.25, 0.3) is 0 Å². The third-order valence-electron chi connectivity index (χ3n) is 6.37. The first-order valence-corrected chi connectivity index (χ1v) is 10.5. The molecule has 0 spiro atoms. The van der Waals surface area contributed by atoms with Gasteiger partial charge in [-0.05, 0) is 68.0 Å². The van der Waals surface area contributed by atoms with Gasteiger partial charge in [0, 0.05) is 30.1 Å². The normalized spacial score (nSPS) is 20.5. The van der Waals surface area contributed by atoms with Crippen LogP contribution in [0.15, 0.2) is 36.4 Å². The van der Waals surface area contributed by atoms with Crippen LogP contribution in [0.25, 0.3) is 0 Å². The summed E-state index contributed by atoms with van der Waals surface area (Å²) < 4.78 is 25.0. The molecule has 29 heavy (non-hydrogen) atoms. The second-order valence-electron chi connectivity index (χ2n) is 7.99. The Labute approximate surface area is 179 Å². The molecule has 2 atom stereocenters. The molecule has 1 heterocycles. The fourth-order valence-corrected chi connectivity index (χ4v) is 4.88. The van der Waals surface area contributed by atoms with Crippen molar-refractivity contribution < 1.29 is 13.9 Å². The van der Waals surface area contributed by atoms with E-state index in [1.807, 2.05) is 12.1 Å². The summed E-state index contributed by atoms with van der Waals surface area (Å²) in [5, 5.41) is 0. The van der Waals surface area contributed by atoms with E-state index in [9.17, 15) is 4.39 Å². The molecule has 2 aromatic rings. The molecule has 2 aromatic carbocycles. The average Bonchev–Trinajstić information content (AvgIpc) is 3.16. The molecule has 0 N–H and O–H groups in total. The second kappa shape index (κ2) is 9.82. The van der Waals surface area contributed by atoms with Gasteiger partial charge in [0.15, 0.2) is 0 Å². The summed E-state index contributed by atoms with van der Waals surface area (Å²) in [7, 11) is 1.76. The van der Waals surface area contributed by atoms with E-state index in [0.717, 1.165) is 55.3 Å². The zero-order valence-corrected chi connectivity index (χ0v) is 18.1. The summed E-state index contributed by atoms with van der Waals surface area (Å²) in [4.78, 5) is 2.56. The number of benzene rings is 2. The van der Waals surface area contributed by atoms with Crippen molar-refractivity contribution in [1.82, 2.24) is 4.90 Å². The molecule has 1 aliphatic carbocycles. The fraction of sp³-hybridized carbons (Fsp3) is 0.500. The molecule has 0 amide bonds. The summed E-state index contributed by atoms with van der Waals surface area (Å²) in [6, 6.07) is 10.9. The van der Waals surface area contributed by atoms with Gasteiger partial charge in [-0.25, -0.2) is 4.39 Å². The average molecular weight is 420 g/mol.